The quantitative estimate of drug-likeness (QED) is 0.361. The van der Waals surface area contributed by atoms with Crippen LogP contribution in [0.25, 0.3) is 0 Å². The SMILES string of the molecule is NCC(NC(=O)OCc1ccccc1)(C(=O)O)C(=O)c1cccc(CCl)c1. The molecule has 0 aromatic heterocycles. The van der Waals surface area contributed by atoms with Gasteiger partial charge in [-0.25, -0.2) is 9.59 Å². The van der Waals surface area contributed by atoms with Gasteiger partial charge in [0.15, 0.2) is 0 Å². The van der Waals surface area contributed by atoms with Crippen molar-refractivity contribution in [2.45, 2.75) is 18.0 Å². The number of nitrogens with one attached hydrogen (secondary N) is 1. The van der Waals surface area contributed by atoms with E-state index in [-0.39, 0.29) is 18.1 Å². The predicted molar refractivity (Wildman–Crippen MR) is 99.5 cm³/mol. The number of halogens is 1. The second kappa shape index (κ2) is 9.16. The summed E-state index contributed by atoms with van der Waals surface area (Å²) >= 11 is 5.76. The number of Topliss-reactive ketones (excluding diaryl/α,β-unsaturated/α-hetero) is 1. The Bertz CT molecular complexity index is 828. The van der Waals surface area contributed by atoms with Crippen LogP contribution in [-0.2, 0) is 22.0 Å². The van der Waals surface area contributed by atoms with E-state index in [1.54, 1.807) is 42.5 Å². The van der Waals surface area contributed by atoms with Crippen molar-refractivity contribution in [1.82, 2.24) is 5.32 Å². The highest BCUT2D eigenvalue weighted by Crippen LogP contribution is 2.17. The van der Waals surface area contributed by atoms with Crippen molar-refractivity contribution in [3.05, 3.63) is 71.3 Å². The van der Waals surface area contributed by atoms with Crippen LogP contribution >= 0.6 is 11.6 Å². The van der Waals surface area contributed by atoms with Crippen LogP contribution in [0.5, 0.6) is 0 Å². The van der Waals surface area contributed by atoms with Crippen LogP contribution in [0.1, 0.15) is 21.5 Å². The molecule has 27 heavy (non-hydrogen) atoms. The number of hydrogen-bond donors (Lipinski definition) is 3. The third kappa shape index (κ3) is 4.84. The Kier molecular flexibility index (Phi) is 6.92. The number of carboxylic acids is 1. The number of carbonyl (C=O) groups excluding carboxylic acids is 2. The first-order chi connectivity index (χ1) is 12.9. The maximum absolute atomic E-state index is 12.8. The molecule has 0 aliphatic heterocycles. The van der Waals surface area contributed by atoms with Gasteiger partial charge in [-0.3, -0.25) is 10.1 Å². The third-order valence-electron chi connectivity index (χ3n) is 3.93. The maximum atomic E-state index is 12.8. The number of alkyl carbamates (subject to hydrolysis) is 1. The largest absolute Gasteiger partial charge is 0.479 e. The monoisotopic (exact) mass is 390 g/mol. The Hall–Kier alpha value is -2.90. The molecule has 1 unspecified atom stereocenters. The fraction of sp³-hybridized carbons (Fsp3) is 0.211. The Morgan fingerprint density at radius 3 is 2.33 bits per heavy atom. The van der Waals surface area contributed by atoms with Crippen LogP contribution in [-0.4, -0.2) is 35.0 Å². The van der Waals surface area contributed by atoms with Crippen LogP contribution in [0.2, 0.25) is 0 Å². The molecule has 0 fully saturated rings. The summed E-state index contributed by atoms with van der Waals surface area (Å²) in [5, 5.41) is 11.7. The molecular formula is C19H19ClN2O5. The van der Waals surface area contributed by atoms with Crippen molar-refractivity contribution in [3.8, 4) is 0 Å². The van der Waals surface area contributed by atoms with Gasteiger partial charge in [0.2, 0.25) is 11.3 Å². The van der Waals surface area contributed by atoms with Gasteiger partial charge in [-0.15, -0.1) is 11.6 Å². The molecule has 0 saturated heterocycles. The molecule has 0 saturated carbocycles. The van der Waals surface area contributed by atoms with E-state index in [9.17, 15) is 19.5 Å². The standard InChI is InChI=1S/C19H19ClN2O5/c20-10-14-7-4-8-15(9-14)16(23)19(12-21,17(24)25)22-18(26)27-11-13-5-2-1-3-6-13/h1-9H,10-12,21H2,(H,22,26)(H,24,25). The summed E-state index contributed by atoms with van der Waals surface area (Å²) < 4.78 is 5.02. The van der Waals surface area contributed by atoms with Crippen molar-refractivity contribution in [1.29, 1.82) is 0 Å². The number of ether oxygens (including phenoxy) is 1. The fourth-order valence-electron chi connectivity index (χ4n) is 2.41. The van der Waals surface area contributed by atoms with Gasteiger partial charge in [-0.2, -0.15) is 0 Å². The second-order valence-corrected chi connectivity index (χ2v) is 6.03. The first kappa shape index (κ1) is 20.4. The van der Waals surface area contributed by atoms with E-state index in [0.717, 1.165) is 0 Å². The van der Waals surface area contributed by atoms with E-state index in [4.69, 9.17) is 22.1 Å². The van der Waals surface area contributed by atoms with E-state index in [1.807, 2.05) is 0 Å². The fourth-order valence-corrected chi connectivity index (χ4v) is 2.58. The molecule has 1 atom stereocenters. The average Bonchev–Trinajstić information content (AvgIpc) is 2.70. The first-order valence-electron chi connectivity index (χ1n) is 8.05. The molecule has 1 amide bonds. The minimum absolute atomic E-state index is 0.0735. The number of nitrogens with two attached hydrogens (primary N) is 1. The Morgan fingerprint density at radius 2 is 1.74 bits per heavy atom. The molecule has 2 rings (SSSR count). The number of ketones is 1. The Morgan fingerprint density at radius 1 is 1.07 bits per heavy atom. The predicted octanol–water partition coefficient (Wildman–Crippen LogP) is 2.32. The summed E-state index contributed by atoms with van der Waals surface area (Å²) in [5.74, 6) is -2.29. The molecule has 2 aromatic rings. The minimum Gasteiger partial charge on any atom is -0.479 e. The van der Waals surface area contributed by atoms with Crippen molar-refractivity contribution in [3.63, 3.8) is 0 Å². The average molecular weight is 391 g/mol. The second-order valence-electron chi connectivity index (χ2n) is 5.76. The first-order valence-corrected chi connectivity index (χ1v) is 8.58. The smallest absolute Gasteiger partial charge is 0.408 e. The summed E-state index contributed by atoms with van der Waals surface area (Å²) in [6, 6.07) is 15.0. The molecule has 0 radical (unpaired) electrons. The molecule has 0 aliphatic carbocycles. The molecule has 4 N–H and O–H groups in total. The summed E-state index contributed by atoms with van der Waals surface area (Å²) in [7, 11) is 0. The highest BCUT2D eigenvalue weighted by molar-refractivity contribution is 6.18. The Balaban J connectivity index is 2.20. The number of benzene rings is 2. The maximum Gasteiger partial charge on any atom is 0.408 e. The van der Waals surface area contributed by atoms with E-state index in [0.29, 0.717) is 11.1 Å². The van der Waals surface area contributed by atoms with Gasteiger partial charge in [0.25, 0.3) is 0 Å². The molecule has 0 bridgehead atoms. The van der Waals surface area contributed by atoms with Gasteiger partial charge >= 0.3 is 12.1 Å². The lowest BCUT2D eigenvalue weighted by atomic mass is 9.88. The number of hydrogen-bond acceptors (Lipinski definition) is 5. The number of aliphatic carboxylic acids is 1. The van der Waals surface area contributed by atoms with Gasteiger partial charge in [0.05, 0.1) is 0 Å². The van der Waals surface area contributed by atoms with Crippen molar-refractivity contribution < 1.29 is 24.2 Å². The van der Waals surface area contributed by atoms with Crippen LogP contribution in [0.15, 0.2) is 54.6 Å². The topological polar surface area (TPSA) is 119 Å². The number of carboxylic acid groups (broad SMARTS) is 1. The molecular weight excluding hydrogens is 372 g/mol. The van der Waals surface area contributed by atoms with Crippen molar-refractivity contribution in [2.24, 2.45) is 5.73 Å². The normalized spacial score (nSPS) is 12.7. The zero-order valence-corrected chi connectivity index (χ0v) is 15.1. The van der Waals surface area contributed by atoms with Gasteiger partial charge in [-0.05, 0) is 17.2 Å². The number of rotatable bonds is 8. The zero-order chi connectivity index (χ0) is 19.9. The number of alkyl halides is 1. The van der Waals surface area contributed by atoms with Gasteiger partial charge in [0, 0.05) is 18.0 Å². The zero-order valence-electron chi connectivity index (χ0n) is 14.4. The van der Waals surface area contributed by atoms with E-state index < -0.39 is 29.9 Å². The highest BCUT2D eigenvalue weighted by Gasteiger charge is 2.47. The van der Waals surface area contributed by atoms with Gasteiger partial charge < -0.3 is 15.6 Å². The molecule has 7 nitrogen and oxygen atoms in total. The molecule has 2 aromatic carbocycles. The van der Waals surface area contributed by atoms with Gasteiger partial charge in [0.1, 0.15) is 6.61 Å². The lowest BCUT2D eigenvalue weighted by molar-refractivity contribution is -0.142. The summed E-state index contributed by atoms with van der Waals surface area (Å²) in [5.41, 5.74) is 4.64. The highest BCUT2D eigenvalue weighted by atomic mass is 35.5. The molecule has 0 aliphatic rings. The lowest BCUT2D eigenvalue weighted by Crippen LogP contribution is -2.64. The van der Waals surface area contributed by atoms with Crippen molar-refractivity contribution in [2.75, 3.05) is 6.54 Å². The van der Waals surface area contributed by atoms with Crippen LogP contribution in [0.3, 0.4) is 0 Å². The van der Waals surface area contributed by atoms with Crippen LogP contribution < -0.4 is 11.1 Å². The third-order valence-corrected chi connectivity index (χ3v) is 4.24. The summed E-state index contributed by atoms with van der Waals surface area (Å²) in [6.07, 6.45) is -1.06. The molecule has 8 heteroatoms. The lowest BCUT2D eigenvalue weighted by Gasteiger charge is -2.27. The van der Waals surface area contributed by atoms with E-state index in [2.05, 4.69) is 5.32 Å². The Labute approximate surface area is 161 Å². The van der Waals surface area contributed by atoms with Crippen molar-refractivity contribution >= 4 is 29.4 Å². The van der Waals surface area contributed by atoms with Gasteiger partial charge in [-0.1, -0.05) is 48.5 Å². The van der Waals surface area contributed by atoms with Crippen LogP contribution in [0.4, 0.5) is 4.79 Å². The van der Waals surface area contributed by atoms with E-state index in [1.165, 1.54) is 12.1 Å². The van der Waals surface area contributed by atoms with E-state index >= 15 is 0 Å². The summed E-state index contributed by atoms with van der Waals surface area (Å²) in [6.45, 7) is -0.727. The molecule has 0 spiro atoms. The number of amides is 1. The molecule has 0 heterocycles. The van der Waals surface area contributed by atoms with Crippen LogP contribution in [0, 0.1) is 0 Å². The number of carbonyl (C=O) groups is 3. The molecule has 142 valence electrons. The summed E-state index contributed by atoms with van der Waals surface area (Å²) in [4.78, 5) is 36.8. The minimum atomic E-state index is -2.35.